The molecule has 0 N–H and O–H groups in total. The Bertz CT molecular complexity index is 225. The monoisotopic (exact) mass is 246 g/mol. The summed E-state index contributed by atoms with van der Waals surface area (Å²) in [6, 6.07) is 0. The van der Waals surface area contributed by atoms with Crippen molar-refractivity contribution in [1.82, 2.24) is 0 Å². The third-order valence-electron chi connectivity index (χ3n) is 2.15. The number of hydrogen-bond acceptors (Lipinski definition) is 5. The van der Waals surface area contributed by atoms with E-state index in [1.807, 2.05) is 0 Å². The van der Waals surface area contributed by atoms with Gasteiger partial charge in [-0.15, -0.1) is 0 Å². The van der Waals surface area contributed by atoms with E-state index in [0.717, 1.165) is 25.7 Å². The van der Waals surface area contributed by atoms with Crippen LogP contribution >= 0.6 is 0 Å². The fraction of sp³-hybridized carbons (Fsp3) is 0.833. The summed E-state index contributed by atoms with van der Waals surface area (Å²) in [7, 11) is 1.36. The molecule has 0 rings (SSSR count). The molecule has 100 valence electrons. The molecule has 0 aromatic rings. The van der Waals surface area contributed by atoms with Gasteiger partial charge in [-0.05, 0) is 12.3 Å². The molecule has 0 aliphatic carbocycles. The average Bonchev–Trinajstić information content (AvgIpc) is 2.26. The Morgan fingerprint density at radius 2 is 1.65 bits per heavy atom. The van der Waals surface area contributed by atoms with Crippen molar-refractivity contribution in [3.05, 3.63) is 0 Å². The topological polar surface area (TPSA) is 61.8 Å². The number of rotatable bonds is 8. The second-order valence-corrected chi connectivity index (χ2v) is 4.34. The summed E-state index contributed by atoms with van der Waals surface area (Å²) in [5, 5.41) is 0. The summed E-state index contributed by atoms with van der Waals surface area (Å²) in [4.78, 5) is 30.4. The smallest absolute Gasteiger partial charge is 0.373 e. The number of carbonyl (C=O) groups is 2. The van der Waals surface area contributed by atoms with Gasteiger partial charge in [-0.1, -0.05) is 33.1 Å². The van der Waals surface area contributed by atoms with E-state index in [-0.39, 0.29) is 13.0 Å². The molecule has 0 atom stereocenters. The van der Waals surface area contributed by atoms with Crippen molar-refractivity contribution in [3.8, 4) is 0 Å². The van der Waals surface area contributed by atoms with Crippen LogP contribution in [0.5, 0.6) is 0 Å². The first-order valence-electron chi connectivity index (χ1n) is 5.95. The van der Waals surface area contributed by atoms with E-state index in [2.05, 4.69) is 28.4 Å². The molecule has 5 nitrogen and oxygen atoms in total. The standard InChI is InChI=1S/C12H22O5/c1-10(2)7-5-4-6-8-11(13)16-17-12(14)9-15-3/h10H,4-9H2,1-3H3. The number of methoxy groups -OCH3 is 1. The zero-order chi connectivity index (χ0) is 13.1. The Balaban J connectivity index is 3.38. The maximum absolute atomic E-state index is 11.1. The molecule has 0 spiro atoms. The van der Waals surface area contributed by atoms with Gasteiger partial charge in [-0.25, -0.2) is 19.4 Å². The molecule has 0 fully saturated rings. The van der Waals surface area contributed by atoms with E-state index >= 15 is 0 Å². The van der Waals surface area contributed by atoms with Gasteiger partial charge in [-0.2, -0.15) is 0 Å². The maximum Gasteiger partial charge on any atom is 0.380 e. The van der Waals surface area contributed by atoms with Crippen molar-refractivity contribution >= 4 is 11.9 Å². The number of hydrogen-bond donors (Lipinski definition) is 0. The highest BCUT2D eigenvalue weighted by molar-refractivity contribution is 5.73. The third kappa shape index (κ3) is 11.2. The summed E-state index contributed by atoms with van der Waals surface area (Å²) in [5.74, 6) is -0.531. The molecular weight excluding hydrogens is 224 g/mol. The lowest BCUT2D eigenvalue weighted by atomic mass is 10.0. The molecule has 0 saturated heterocycles. The summed E-state index contributed by atoms with van der Waals surface area (Å²) < 4.78 is 4.51. The Labute approximate surface area is 102 Å². The predicted molar refractivity (Wildman–Crippen MR) is 62.0 cm³/mol. The molecule has 0 aliphatic heterocycles. The van der Waals surface area contributed by atoms with Crippen molar-refractivity contribution in [1.29, 1.82) is 0 Å². The Morgan fingerprint density at radius 1 is 1.00 bits per heavy atom. The highest BCUT2D eigenvalue weighted by Crippen LogP contribution is 2.09. The molecule has 0 bridgehead atoms. The zero-order valence-electron chi connectivity index (χ0n) is 10.9. The lowest BCUT2D eigenvalue weighted by Crippen LogP contribution is -2.15. The molecule has 0 amide bonds. The summed E-state index contributed by atoms with van der Waals surface area (Å²) in [5.41, 5.74) is 0. The molecule has 5 heteroatoms. The van der Waals surface area contributed by atoms with Gasteiger partial charge in [0.15, 0.2) is 0 Å². The Kier molecular flexibility index (Phi) is 9.43. The van der Waals surface area contributed by atoms with Gasteiger partial charge in [0.1, 0.15) is 6.61 Å². The van der Waals surface area contributed by atoms with Crippen LogP contribution in [-0.2, 0) is 24.1 Å². The van der Waals surface area contributed by atoms with Crippen LogP contribution in [-0.4, -0.2) is 25.7 Å². The SMILES string of the molecule is COCC(=O)OOC(=O)CCCCCC(C)C. The molecule has 0 saturated carbocycles. The Morgan fingerprint density at radius 3 is 2.24 bits per heavy atom. The van der Waals surface area contributed by atoms with E-state index < -0.39 is 11.9 Å². The first kappa shape index (κ1) is 15.9. The molecule has 0 aromatic carbocycles. The molecule has 0 heterocycles. The van der Waals surface area contributed by atoms with E-state index in [9.17, 15) is 9.59 Å². The highest BCUT2D eigenvalue weighted by atomic mass is 17.2. The lowest BCUT2D eigenvalue weighted by molar-refractivity contribution is -0.261. The minimum atomic E-state index is -0.708. The van der Waals surface area contributed by atoms with Crippen LogP contribution in [0, 0.1) is 5.92 Å². The number of unbranched alkanes of at least 4 members (excludes halogenated alkanes) is 2. The molecule has 0 unspecified atom stereocenters. The van der Waals surface area contributed by atoms with Crippen LogP contribution in [0.25, 0.3) is 0 Å². The van der Waals surface area contributed by atoms with E-state index in [1.54, 1.807) is 0 Å². The van der Waals surface area contributed by atoms with Gasteiger partial charge in [-0.3, -0.25) is 0 Å². The first-order valence-corrected chi connectivity index (χ1v) is 5.95. The maximum atomic E-state index is 11.1. The van der Waals surface area contributed by atoms with E-state index in [1.165, 1.54) is 7.11 Å². The summed E-state index contributed by atoms with van der Waals surface area (Å²) in [6.07, 6.45) is 4.29. The summed E-state index contributed by atoms with van der Waals surface area (Å²) >= 11 is 0. The predicted octanol–water partition coefficient (Wildman–Crippen LogP) is 2.24. The number of carbonyl (C=O) groups excluding carboxylic acids is 2. The van der Waals surface area contributed by atoms with Crippen LogP contribution in [0.2, 0.25) is 0 Å². The molecule has 17 heavy (non-hydrogen) atoms. The van der Waals surface area contributed by atoms with Gasteiger partial charge in [0.25, 0.3) is 0 Å². The van der Waals surface area contributed by atoms with Crippen molar-refractivity contribution in [2.45, 2.75) is 46.0 Å². The van der Waals surface area contributed by atoms with Crippen LogP contribution in [0.1, 0.15) is 46.0 Å². The average molecular weight is 246 g/mol. The van der Waals surface area contributed by atoms with Gasteiger partial charge in [0.05, 0.1) is 6.42 Å². The second-order valence-electron chi connectivity index (χ2n) is 4.34. The van der Waals surface area contributed by atoms with Gasteiger partial charge in [0.2, 0.25) is 0 Å². The molecular formula is C12H22O5. The number of ether oxygens (including phenoxy) is 1. The second kappa shape index (κ2) is 10.1. The van der Waals surface area contributed by atoms with E-state index in [0.29, 0.717) is 5.92 Å². The Hall–Kier alpha value is -1.10. The highest BCUT2D eigenvalue weighted by Gasteiger charge is 2.08. The molecule has 0 aliphatic rings. The van der Waals surface area contributed by atoms with Gasteiger partial charge < -0.3 is 4.74 Å². The quantitative estimate of drug-likeness (QED) is 0.373. The van der Waals surface area contributed by atoms with Crippen LogP contribution in [0.4, 0.5) is 0 Å². The third-order valence-corrected chi connectivity index (χ3v) is 2.15. The van der Waals surface area contributed by atoms with Crippen molar-refractivity contribution in [2.24, 2.45) is 5.92 Å². The van der Waals surface area contributed by atoms with Crippen LogP contribution < -0.4 is 0 Å². The first-order chi connectivity index (χ1) is 8.06. The van der Waals surface area contributed by atoms with Crippen molar-refractivity contribution in [3.63, 3.8) is 0 Å². The van der Waals surface area contributed by atoms with Crippen LogP contribution in [0.3, 0.4) is 0 Å². The fourth-order valence-corrected chi connectivity index (χ4v) is 1.28. The van der Waals surface area contributed by atoms with Crippen molar-refractivity contribution in [2.75, 3.05) is 13.7 Å². The van der Waals surface area contributed by atoms with E-state index in [4.69, 9.17) is 0 Å². The van der Waals surface area contributed by atoms with Crippen molar-refractivity contribution < 1.29 is 24.1 Å². The fourth-order valence-electron chi connectivity index (χ4n) is 1.28. The lowest BCUT2D eigenvalue weighted by Gasteiger charge is -2.04. The minimum absolute atomic E-state index is 0.221. The molecule has 0 radical (unpaired) electrons. The zero-order valence-corrected chi connectivity index (χ0v) is 10.9. The van der Waals surface area contributed by atoms with Gasteiger partial charge >= 0.3 is 11.9 Å². The van der Waals surface area contributed by atoms with Gasteiger partial charge in [0, 0.05) is 7.11 Å². The van der Waals surface area contributed by atoms with Crippen LogP contribution in [0.15, 0.2) is 0 Å². The molecule has 0 aromatic heterocycles. The minimum Gasteiger partial charge on any atom is -0.373 e. The normalized spacial score (nSPS) is 10.4. The summed E-state index contributed by atoms with van der Waals surface area (Å²) in [6.45, 7) is 4.12. The largest absolute Gasteiger partial charge is 0.380 e.